The van der Waals surface area contributed by atoms with E-state index in [-0.39, 0.29) is 18.9 Å². The number of ether oxygens (including phenoxy) is 6. The van der Waals surface area contributed by atoms with E-state index < -0.39 is 124 Å². The summed E-state index contributed by atoms with van der Waals surface area (Å²) in [4.78, 5) is 13.5. The van der Waals surface area contributed by atoms with Crippen LogP contribution in [0.25, 0.3) is 0 Å². The standard InChI is InChI=1S/C94H175NO18/c1-3-5-7-9-11-13-15-17-19-21-23-25-27-29-31-33-34-35-36-37-38-39-40-41-42-44-46-48-50-52-54-56-58-60-62-64-66-68-70-72-82(100)95-77(78(99)71-69-67-65-63-61-59-57-55-53-51-49-47-45-43-32-30-28-26-24-22-20-18-16-14-12-10-8-6-4-2)76-108-92-88(106)85(103)90(80(74-97)110-92)113-94-89(107)86(104)91(81(75-98)111-94)112-93-87(105)84(102)83(101)79(73-96)109-93/h21,23,53,55,61,63,69,71,77-81,83-94,96-99,101-107H,3-20,22,24-52,54,56-60,62,64-68,70,72-76H2,1-2H3,(H,95,100)/b23-21-,55-53+,63-61+,71-69+. The smallest absolute Gasteiger partial charge is 0.220 e. The molecule has 0 saturated carbocycles. The molecule has 0 bridgehead atoms. The average Bonchev–Trinajstić information content (AvgIpc) is 0.780. The zero-order chi connectivity index (χ0) is 81.7. The molecule has 664 valence electrons. The molecule has 3 aliphatic rings. The van der Waals surface area contributed by atoms with Gasteiger partial charge in [-0.2, -0.15) is 0 Å². The van der Waals surface area contributed by atoms with Crippen LogP contribution in [0, 0.1) is 0 Å². The van der Waals surface area contributed by atoms with Crippen molar-refractivity contribution in [1.82, 2.24) is 5.32 Å². The molecule has 12 N–H and O–H groups in total. The highest BCUT2D eigenvalue weighted by atomic mass is 16.8. The maximum Gasteiger partial charge on any atom is 0.220 e. The lowest BCUT2D eigenvalue weighted by Crippen LogP contribution is -2.66. The number of carbonyl (C=O) groups is 1. The Hall–Kier alpha value is -2.25. The van der Waals surface area contributed by atoms with Gasteiger partial charge in [-0.05, 0) is 70.6 Å². The molecule has 19 nitrogen and oxygen atoms in total. The van der Waals surface area contributed by atoms with Crippen molar-refractivity contribution >= 4 is 5.91 Å². The number of hydrogen-bond acceptors (Lipinski definition) is 18. The summed E-state index contributed by atoms with van der Waals surface area (Å²) in [5.74, 6) is -0.281. The van der Waals surface area contributed by atoms with Gasteiger partial charge in [-0.1, -0.05) is 383 Å². The SMILES string of the molecule is CCCCCCCCCC/C=C\CCCCCCCCCCCCCCCCCCCCCCCCCCCCCC(=O)NC(COC1OC(CO)C(OC2OC(CO)C(OC3OC(CO)C(O)C(O)C3O)C(O)C2O)C(O)C1O)C(O)/C=C/CC/C=C/CC/C=C/CCCCCCCCCCCCCCCCCCCCC. The van der Waals surface area contributed by atoms with Crippen LogP contribution in [-0.2, 0) is 33.2 Å². The maximum atomic E-state index is 13.5. The van der Waals surface area contributed by atoms with E-state index in [0.29, 0.717) is 12.8 Å². The normalized spacial score (nSPS) is 25.0. The first-order chi connectivity index (χ1) is 55.3. The number of rotatable bonds is 78. The Labute approximate surface area is 688 Å². The first kappa shape index (κ1) is 105. The summed E-state index contributed by atoms with van der Waals surface area (Å²) in [6.07, 6.45) is 70.1. The fraction of sp³-hybridized carbons (Fsp3) is 0.904. The summed E-state index contributed by atoms with van der Waals surface area (Å²) < 4.78 is 34.5. The molecular formula is C94H175NO18. The van der Waals surface area contributed by atoms with E-state index in [9.17, 15) is 61.0 Å². The quantitative estimate of drug-likeness (QED) is 0.0199. The summed E-state index contributed by atoms with van der Waals surface area (Å²) in [6, 6.07) is -0.998. The third kappa shape index (κ3) is 51.9. The van der Waals surface area contributed by atoms with Gasteiger partial charge in [-0.25, -0.2) is 0 Å². The van der Waals surface area contributed by atoms with E-state index in [1.165, 1.54) is 334 Å². The molecule has 17 atom stereocenters. The van der Waals surface area contributed by atoms with Gasteiger partial charge in [0.25, 0.3) is 0 Å². The van der Waals surface area contributed by atoms with Crippen molar-refractivity contribution in [3.05, 3.63) is 48.6 Å². The predicted octanol–water partition coefficient (Wildman–Crippen LogP) is 18.7. The lowest BCUT2D eigenvalue weighted by Gasteiger charge is -2.48. The molecule has 0 spiro atoms. The molecule has 3 rings (SSSR count). The third-order valence-corrected chi connectivity index (χ3v) is 23.6. The van der Waals surface area contributed by atoms with Crippen LogP contribution in [0.15, 0.2) is 48.6 Å². The number of allylic oxidation sites excluding steroid dienone is 7. The number of hydrogen-bond donors (Lipinski definition) is 12. The van der Waals surface area contributed by atoms with Gasteiger partial charge in [0.05, 0.1) is 38.6 Å². The minimum atomic E-state index is -1.98. The summed E-state index contributed by atoms with van der Waals surface area (Å²) in [6.45, 7) is 1.78. The van der Waals surface area contributed by atoms with E-state index >= 15 is 0 Å². The number of aliphatic hydroxyl groups excluding tert-OH is 11. The number of nitrogens with one attached hydrogen (secondary N) is 1. The largest absolute Gasteiger partial charge is 0.394 e. The van der Waals surface area contributed by atoms with Crippen molar-refractivity contribution in [2.24, 2.45) is 0 Å². The molecule has 3 fully saturated rings. The molecule has 3 aliphatic heterocycles. The van der Waals surface area contributed by atoms with Crippen LogP contribution >= 0.6 is 0 Å². The number of aliphatic hydroxyl groups is 11. The summed E-state index contributed by atoms with van der Waals surface area (Å²) in [7, 11) is 0. The van der Waals surface area contributed by atoms with Gasteiger partial charge < -0.3 is 89.9 Å². The minimum absolute atomic E-state index is 0.236. The lowest BCUT2D eigenvalue weighted by atomic mass is 9.96. The van der Waals surface area contributed by atoms with E-state index in [2.05, 4.69) is 55.6 Å². The summed E-state index contributed by atoms with van der Waals surface area (Å²) >= 11 is 0. The first-order valence-corrected chi connectivity index (χ1v) is 47.4. The Morgan fingerprint density at radius 1 is 0.310 bits per heavy atom. The third-order valence-electron chi connectivity index (χ3n) is 23.6. The molecule has 1 amide bonds. The van der Waals surface area contributed by atoms with Crippen molar-refractivity contribution in [3.63, 3.8) is 0 Å². The molecular weight excluding hydrogens is 1430 g/mol. The molecule has 0 aromatic rings. The van der Waals surface area contributed by atoms with Crippen LogP contribution in [0.5, 0.6) is 0 Å². The minimum Gasteiger partial charge on any atom is -0.394 e. The Morgan fingerprint density at radius 2 is 0.566 bits per heavy atom. The predicted molar refractivity (Wildman–Crippen MR) is 457 cm³/mol. The Balaban J connectivity index is 1.31. The Bertz CT molecular complexity index is 2220. The van der Waals surface area contributed by atoms with Gasteiger partial charge in [-0.3, -0.25) is 4.79 Å². The van der Waals surface area contributed by atoms with Gasteiger partial charge >= 0.3 is 0 Å². The highest BCUT2D eigenvalue weighted by Gasteiger charge is 2.54. The Morgan fingerprint density at radius 3 is 0.885 bits per heavy atom. The highest BCUT2D eigenvalue weighted by Crippen LogP contribution is 2.34. The second-order valence-corrected chi connectivity index (χ2v) is 33.8. The van der Waals surface area contributed by atoms with E-state index in [0.717, 1.165) is 44.9 Å². The number of unbranched alkanes of at least 4 members (excludes halogenated alkanes) is 56. The second kappa shape index (κ2) is 73.7. The fourth-order valence-corrected chi connectivity index (χ4v) is 16.0. The zero-order valence-corrected chi connectivity index (χ0v) is 71.9. The van der Waals surface area contributed by atoms with Crippen molar-refractivity contribution < 1.29 is 89.4 Å². The van der Waals surface area contributed by atoms with Crippen molar-refractivity contribution in [2.45, 2.75) is 516 Å². The van der Waals surface area contributed by atoms with Crippen molar-refractivity contribution in [2.75, 3.05) is 26.4 Å². The zero-order valence-electron chi connectivity index (χ0n) is 71.9. The van der Waals surface area contributed by atoms with E-state index in [1.807, 2.05) is 6.08 Å². The molecule has 0 aliphatic carbocycles. The molecule has 3 saturated heterocycles. The second-order valence-electron chi connectivity index (χ2n) is 33.8. The molecule has 17 unspecified atom stereocenters. The van der Waals surface area contributed by atoms with Gasteiger partial charge in [0.15, 0.2) is 18.9 Å². The van der Waals surface area contributed by atoms with Gasteiger partial charge in [0.1, 0.15) is 73.2 Å². The van der Waals surface area contributed by atoms with Crippen LogP contribution in [-0.4, -0.2) is 193 Å². The summed E-state index contributed by atoms with van der Waals surface area (Å²) in [5, 5.41) is 121. The van der Waals surface area contributed by atoms with Crippen LogP contribution in [0.2, 0.25) is 0 Å². The molecule has 113 heavy (non-hydrogen) atoms. The molecule has 19 heteroatoms. The average molecular weight is 1610 g/mol. The van der Waals surface area contributed by atoms with Gasteiger partial charge in [0, 0.05) is 6.42 Å². The van der Waals surface area contributed by atoms with Crippen LogP contribution < -0.4 is 5.32 Å². The highest BCUT2D eigenvalue weighted by molar-refractivity contribution is 5.76. The van der Waals surface area contributed by atoms with Crippen LogP contribution in [0.1, 0.15) is 412 Å². The van der Waals surface area contributed by atoms with Gasteiger partial charge in [0.2, 0.25) is 5.91 Å². The molecule has 0 aromatic carbocycles. The first-order valence-electron chi connectivity index (χ1n) is 47.4. The van der Waals surface area contributed by atoms with E-state index in [4.69, 9.17) is 28.4 Å². The fourth-order valence-electron chi connectivity index (χ4n) is 16.0. The van der Waals surface area contributed by atoms with Crippen LogP contribution in [0.3, 0.4) is 0 Å². The number of amides is 1. The number of carbonyl (C=O) groups excluding carboxylic acids is 1. The maximum absolute atomic E-state index is 13.5. The topological polar surface area (TPSA) is 307 Å². The molecule has 3 heterocycles. The molecule has 0 aromatic heterocycles. The van der Waals surface area contributed by atoms with Crippen molar-refractivity contribution in [3.8, 4) is 0 Å². The van der Waals surface area contributed by atoms with Crippen LogP contribution in [0.4, 0.5) is 0 Å². The summed E-state index contributed by atoms with van der Waals surface area (Å²) in [5.41, 5.74) is 0. The monoisotopic (exact) mass is 1610 g/mol. The Kier molecular flexibility index (Phi) is 68.4. The van der Waals surface area contributed by atoms with Gasteiger partial charge in [-0.15, -0.1) is 0 Å². The van der Waals surface area contributed by atoms with E-state index in [1.54, 1.807) is 6.08 Å². The van der Waals surface area contributed by atoms with Crippen molar-refractivity contribution in [1.29, 1.82) is 0 Å². The molecule has 0 radical (unpaired) electrons. The lowest BCUT2D eigenvalue weighted by molar-refractivity contribution is -0.379.